The van der Waals surface area contributed by atoms with Gasteiger partial charge in [0, 0.05) is 45.4 Å². The quantitative estimate of drug-likeness (QED) is 0.821. The molecule has 142 valence electrons. The fourth-order valence-corrected chi connectivity index (χ4v) is 3.08. The van der Waals surface area contributed by atoms with E-state index in [1.165, 1.54) is 6.33 Å². The summed E-state index contributed by atoms with van der Waals surface area (Å²) in [4.78, 5) is 36.1. The van der Waals surface area contributed by atoms with E-state index in [0.717, 1.165) is 19.4 Å². The molecule has 3 rings (SSSR count). The molecule has 1 aromatic rings. The number of rotatable bonds is 5. The van der Waals surface area contributed by atoms with Gasteiger partial charge in [0.1, 0.15) is 17.8 Å². The zero-order chi connectivity index (χ0) is 18.4. The molecule has 2 amide bonds. The molecule has 0 bridgehead atoms. The Morgan fingerprint density at radius 2 is 2.12 bits per heavy atom. The fraction of sp³-hybridized carbons (Fsp3) is 0.647. The lowest BCUT2D eigenvalue weighted by Crippen LogP contribution is -2.49. The van der Waals surface area contributed by atoms with E-state index in [-0.39, 0.29) is 18.1 Å². The Bertz CT molecular complexity index is 627. The number of nitrogens with zero attached hydrogens (tertiary/aromatic N) is 4. The lowest BCUT2D eigenvalue weighted by Gasteiger charge is -2.34. The molecule has 9 nitrogen and oxygen atoms in total. The molecule has 0 aromatic carbocycles. The Morgan fingerprint density at radius 1 is 1.31 bits per heavy atom. The van der Waals surface area contributed by atoms with Crippen molar-refractivity contribution in [2.24, 2.45) is 0 Å². The highest BCUT2D eigenvalue weighted by Gasteiger charge is 2.23. The van der Waals surface area contributed by atoms with E-state index in [1.807, 2.05) is 4.90 Å². The zero-order valence-corrected chi connectivity index (χ0v) is 15.0. The highest BCUT2D eigenvalue weighted by molar-refractivity contribution is 5.92. The Balaban J connectivity index is 1.54. The molecule has 1 aromatic heterocycles. The molecule has 26 heavy (non-hydrogen) atoms. The number of ether oxygens (including phenoxy) is 2. The number of carbonyl (C=O) groups is 2. The maximum Gasteiger partial charge on any atom is 0.409 e. The molecule has 2 aliphatic heterocycles. The number of hydrogen-bond donors (Lipinski definition) is 1. The van der Waals surface area contributed by atoms with Gasteiger partial charge in [-0.1, -0.05) is 0 Å². The van der Waals surface area contributed by atoms with Crippen LogP contribution in [0.1, 0.15) is 30.3 Å². The van der Waals surface area contributed by atoms with Gasteiger partial charge in [-0.25, -0.2) is 14.8 Å². The summed E-state index contributed by atoms with van der Waals surface area (Å²) in [6.07, 6.45) is 3.21. The predicted molar refractivity (Wildman–Crippen MR) is 94.1 cm³/mol. The van der Waals surface area contributed by atoms with Crippen LogP contribution in [0, 0.1) is 0 Å². The van der Waals surface area contributed by atoms with Crippen molar-refractivity contribution in [2.45, 2.75) is 25.9 Å². The third-order valence-corrected chi connectivity index (χ3v) is 4.53. The van der Waals surface area contributed by atoms with Gasteiger partial charge in [0.15, 0.2) is 0 Å². The van der Waals surface area contributed by atoms with Crippen LogP contribution in [0.25, 0.3) is 0 Å². The van der Waals surface area contributed by atoms with E-state index in [0.29, 0.717) is 50.8 Å². The highest BCUT2D eigenvalue weighted by atomic mass is 16.6. The van der Waals surface area contributed by atoms with Crippen molar-refractivity contribution in [2.75, 3.05) is 50.8 Å². The molecule has 2 saturated heterocycles. The monoisotopic (exact) mass is 363 g/mol. The van der Waals surface area contributed by atoms with Crippen LogP contribution in [-0.4, -0.2) is 78.9 Å². The van der Waals surface area contributed by atoms with Crippen molar-refractivity contribution in [3.8, 4) is 0 Å². The lowest BCUT2D eigenvalue weighted by molar-refractivity contribution is 0.0853. The Labute approximate surface area is 152 Å². The Morgan fingerprint density at radius 3 is 2.81 bits per heavy atom. The second-order valence-corrected chi connectivity index (χ2v) is 6.28. The van der Waals surface area contributed by atoms with Gasteiger partial charge < -0.3 is 24.6 Å². The zero-order valence-electron chi connectivity index (χ0n) is 15.0. The smallest absolute Gasteiger partial charge is 0.409 e. The van der Waals surface area contributed by atoms with Crippen molar-refractivity contribution in [1.82, 2.24) is 20.2 Å². The number of anilines is 1. The number of hydrogen-bond acceptors (Lipinski definition) is 7. The van der Waals surface area contributed by atoms with Crippen molar-refractivity contribution < 1.29 is 19.1 Å². The number of nitrogens with one attached hydrogen (secondary N) is 1. The molecule has 2 fully saturated rings. The largest absolute Gasteiger partial charge is 0.450 e. The number of aromatic nitrogens is 2. The van der Waals surface area contributed by atoms with Crippen LogP contribution in [0.3, 0.4) is 0 Å². The SMILES string of the molecule is CCOC(=O)N1CCN(c2cc(C(=O)NCC3CCCO3)ncn2)CC1. The molecular formula is C17H25N5O4. The first-order chi connectivity index (χ1) is 12.7. The molecule has 0 aliphatic carbocycles. The van der Waals surface area contributed by atoms with Gasteiger partial charge in [-0.15, -0.1) is 0 Å². The first-order valence-electron chi connectivity index (χ1n) is 9.06. The third kappa shape index (κ3) is 4.60. The summed E-state index contributed by atoms with van der Waals surface area (Å²) in [5.74, 6) is 0.458. The summed E-state index contributed by atoms with van der Waals surface area (Å²) >= 11 is 0. The molecule has 0 saturated carbocycles. The highest BCUT2D eigenvalue weighted by Crippen LogP contribution is 2.15. The Kier molecular flexibility index (Phi) is 6.21. The van der Waals surface area contributed by atoms with Crippen LogP contribution in [0.4, 0.5) is 10.6 Å². The lowest BCUT2D eigenvalue weighted by atomic mass is 10.2. The van der Waals surface area contributed by atoms with Crippen LogP contribution < -0.4 is 10.2 Å². The van der Waals surface area contributed by atoms with Crippen molar-refractivity contribution in [3.05, 3.63) is 18.1 Å². The minimum absolute atomic E-state index is 0.0937. The van der Waals surface area contributed by atoms with Gasteiger partial charge in [0.05, 0.1) is 12.7 Å². The normalized spacial score (nSPS) is 20.1. The number of carbonyl (C=O) groups excluding carboxylic acids is 2. The van der Waals surface area contributed by atoms with Gasteiger partial charge in [-0.2, -0.15) is 0 Å². The first-order valence-corrected chi connectivity index (χ1v) is 9.06. The molecule has 0 radical (unpaired) electrons. The second-order valence-electron chi connectivity index (χ2n) is 6.28. The molecule has 1 N–H and O–H groups in total. The molecule has 9 heteroatoms. The summed E-state index contributed by atoms with van der Waals surface area (Å²) in [7, 11) is 0. The molecule has 3 heterocycles. The first kappa shape index (κ1) is 18.4. The summed E-state index contributed by atoms with van der Waals surface area (Å²) in [6, 6.07) is 1.69. The average molecular weight is 363 g/mol. The molecular weight excluding hydrogens is 338 g/mol. The van der Waals surface area contributed by atoms with Gasteiger partial charge in [-0.3, -0.25) is 4.79 Å². The van der Waals surface area contributed by atoms with Crippen molar-refractivity contribution in [3.63, 3.8) is 0 Å². The van der Waals surface area contributed by atoms with Gasteiger partial charge in [0.25, 0.3) is 5.91 Å². The van der Waals surface area contributed by atoms with E-state index in [1.54, 1.807) is 17.9 Å². The van der Waals surface area contributed by atoms with Crippen LogP contribution in [-0.2, 0) is 9.47 Å². The summed E-state index contributed by atoms with van der Waals surface area (Å²) in [5.41, 5.74) is 0.334. The third-order valence-electron chi connectivity index (χ3n) is 4.53. The predicted octanol–water partition coefficient (Wildman–Crippen LogP) is 0.664. The fourth-order valence-electron chi connectivity index (χ4n) is 3.08. The van der Waals surface area contributed by atoms with E-state index >= 15 is 0 Å². The van der Waals surface area contributed by atoms with Gasteiger partial charge >= 0.3 is 6.09 Å². The van der Waals surface area contributed by atoms with Crippen molar-refractivity contribution >= 4 is 17.8 Å². The molecule has 0 spiro atoms. The van der Waals surface area contributed by atoms with Crippen LogP contribution in [0.15, 0.2) is 12.4 Å². The maximum atomic E-state index is 12.3. The van der Waals surface area contributed by atoms with Crippen LogP contribution in [0.2, 0.25) is 0 Å². The van der Waals surface area contributed by atoms with E-state index in [2.05, 4.69) is 15.3 Å². The summed E-state index contributed by atoms with van der Waals surface area (Å²) in [6.45, 7) is 5.80. The van der Waals surface area contributed by atoms with Crippen LogP contribution >= 0.6 is 0 Å². The Hall–Kier alpha value is -2.42. The number of amides is 2. The van der Waals surface area contributed by atoms with Gasteiger partial charge in [0.2, 0.25) is 0 Å². The molecule has 1 unspecified atom stereocenters. The van der Waals surface area contributed by atoms with E-state index < -0.39 is 0 Å². The summed E-state index contributed by atoms with van der Waals surface area (Å²) in [5, 5.41) is 2.86. The number of piperazine rings is 1. The van der Waals surface area contributed by atoms with Gasteiger partial charge in [-0.05, 0) is 19.8 Å². The topological polar surface area (TPSA) is 96.9 Å². The van der Waals surface area contributed by atoms with E-state index in [9.17, 15) is 9.59 Å². The van der Waals surface area contributed by atoms with Crippen LogP contribution in [0.5, 0.6) is 0 Å². The molecule has 1 atom stereocenters. The molecule has 2 aliphatic rings. The van der Waals surface area contributed by atoms with E-state index in [4.69, 9.17) is 9.47 Å². The maximum absolute atomic E-state index is 12.3. The standard InChI is InChI=1S/C17H25N5O4/c1-2-25-17(24)22-7-5-21(6-8-22)15-10-14(19-12-20-15)16(23)18-11-13-4-3-9-26-13/h10,12-13H,2-9,11H2,1H3,(H,18,23). The minimum Gasteiger partial charge on any atom is -0.450 e. The minimum atomic E-state index is -0.288. The average Bonchev–Trinajstić information content (AvgIpc) is 3.20. The van der Waals surface area contributed by atoms with Crippen molar-refractivity contribution in [1.29, 1.82) is 0 Å². The second kappa shape index (κ2) is 8.79. The summed E-state index contributed by atoms with van der Waals surface area (Å²) < 4.78 is 10.5.